The van der Waals surface area contributed by atoms with E-state index < -0.39 is 23.9 Å². The van der Waals surface area contributed by atoms with Crippen LogP contribution in [0.3, 0.4) is 0 Å². The number of nitrogens with one attached hydrogen (secondary N) is 2. The van der Waals surface area contributed by atoms with Crippen LogP contribution in [0, 0.1) is 0 Å². The minimum atomic E-state index is -0.719. The lowest BCUT2D eigenvalue weighted by atomic mass is 10.0. The normalized spacial score (nSPS) is 18.9. The summed E-state index contributed by atoms with van der Waals surface area (Å²) in [6.07, 6.45) is 1.86. The highest BCUT2D eigenvalue weighted by atomic mass is 16.2. The molecule has 1 unspecified atom stereocenters. The third kappa shape index (κ3) is 4.24. The quantitative estimate of drug-likeness (QED) is 0.351. The second-order valence-electron chi connectivity index (χ2n) is 9.66. The largest absolute Gasteiger partial charge is 0.331 e. The first-order chi connectivity index (χ1) is 19.2. The summed E-state index contributed by atoms with van der Waals surface area (Å²) in [7, 11) is 1.53. The first-order valence-corrected chi connectivity index (χ1v) is 12.4. The van der Waals surface area contributed by atoms with Gasteiger partial charge in [0.25, 0.3) is 17.7 Å². The molecule has 7 amide bonds. The summed E-state index contributed by atoms with van der Waals surface area (Å²) in [5.74, 6) is -2.05. The molecular weight excluding hydrogens is 520 g/mol. The van der Waals surface area contributed by atoms with E-state index in [1.807, 2.05) is 0 Å². The first kappa shape index (κ1) is 24.9. The van der Waals surface area contributed by atoms with Gasteiger partial charge in [0.1, 0.15) is 12.6 Å². The zero-order valence-corrected chi connectivity index (χ0v) is 21.2. The smallest absolute Gasteiger partial charge is 0.322 e. The fraction of sp³-hybridized carbons (Fsp3) is 0.231. The Bertz CT molecular complexity index is 1630. The van der Waals surface area contributed by atoms with Gasteiger partial charge in [0.15, 0.2) is 5.69 Å². The van der Waals surface area contributed by atoms with Gasteiger partial charge >= 0.3 is 6.03 Å². The molecule has 2 saturated heterocycles. The third-order valence-electron chi connectivity index (χ3n) is 7.00. The minimum Gasteiger partial charge on any atom is -0.322 e. The van der Waals surface area contributed by atoms with Crippen molar-refractivity contribution in [3.8, 4) is 5.69 Å². The Morgan fingerprint density at radius 2 is 1.85 bits per heavy atom. The maximum absolute atomic E-state index is 12.9. The average Bonchev–Trinajstić information content (AvgIpc) is 3.60. The minimum absolute atomic E-state index is 0.0141. The van der Waals surface area contributed by atoms with E-state index in [1.165, 1.54) is 33.8 Å². The summed E-state index contributed by atoms with van der Waals surface area (Å²) < 4.78 is 1.39. The predicted molar refractivity (Wildman–Crippen MR) is 137 cm³/mol. The fourth-order valence-corrected chi connectivity index (χ4v) is 4.99. The summed E-state index contributed by atoms with van der Waals surface area (Å²) in [6.45, 7) is 0.175. The second kappa shape index (κ2) is 9.41. The van der Waals surface area contributed by atoms with Crippen molar-refractivity contribution in [2.45, 2.75) is 25.4 Å². The van der Waals surface area contributed by atoms with Gasteiger partial charge in [-0.2, -0.15) is 0 Å². The van der Waals surface area contributed by atoms with Crippen LogP contribution in [0.2, 0.25) is 0 Å². The number of imide groups is 2. The molecule has 14 heteroatoms. The molecule has 0 radical (unpaired) electrons. The summed E-state index contributed by atoms with van der Waals surface area (Å²) in [4.78, 5) is 77.9. The van der Waals surface area contributed by atoms with Crippen molar-refractivity contribution in [2.75, 3.05) is 23.8 Å². The van der Waals surface area contributed by atoms with Gasteiger partial charge in [-0.1, -0.05) is 11.3 Å². The number of amides is 7. The van der Waals surface area contributed by atoms with Gasteiger partial charge in [-0.05, 0) is 48.4 Å². The molecule has 2 N–H and O–H groups in total. The van der Waals surface area contributed by atoms with Gasteiger partial charge in [-0.25, -0.2) is 14.4 Å². The van der Waals surface area contributed by atoms with Crippen molar-refractivity contribution in [3.05, 3.63) is 65.5 Å². The van der Waals surface area contributed by atoms with Gasteiger partial charge in [0.05, 0.1) is 17.6 Å². The number of aromatic nitrogens is 3. The van der Waals surface area contributed by atoms with E-state index in [4.69, 9.17) is 0 Å². The van der Waals surface area contributed by atoms with E-state index in [0.717, 1.165) is 4.90 Å². The van der Waals surface area contributed by atoms with Crippen LogP contribution in [0.15, 0.2) is 48.7 Å². The summed E-state index contributed by atoms with van der Waals surface area (Å²) >= 11 is 0. The van der Waals surface area contributed by atoms with E-state index in [9.17, 15) is 28.8 Å². The van der Waals surface area contributed by atoms with Crippen LogP contribution in [-0.4, -0.2) is 80.0 Å². The lowest BCUT2D eigenvalue weighted by Gasteiger charge is -2.29. The van der Waals surface area contributed by atoms with E-state index in [0.29, 0.717) is 28.2 Å². The Morgan fingerprint density at radius 3 is 2.60 bits per heavy atom. The Kier molecular flexibility index (Phi) is 5.86. The molecule has 202 valence electrons. The number of piperidine rings is 1. The molecule has 0 spiro atoms. The molecule has 2 aromatic carbocycles. The van der Waals surface area contributed by atoms with Crippen LogP contribution in [0.1, 0.15) is 39.3 Å². The van der Waals surface area contributed by atoms with Crippen molar-refractivity contribution in [1.82, 2.24) is 30.1 Å². The molecule has 40 heavy (non-hydrogen) atoms. The number of anilines is 2. The summed E-state index contributed by atoms with van der Waals surface area (Å²) in [5, 5.41) is 13.0. The standard InChI is InChI=1S/C26H22N8O6/c1-31-13-22(36)34(26(31)40)17-4-2-3-15(10-17)27-23(37)19-12-33(30-29-19)16-5-6-18-14(9-16)11-32(25(18)39)20-7-8-21(35)28-24(20)38/h2-6,9-10,12,20H,7-8,11,13H2,1H3,(H,27,37)(H,28,35,38). The van der Waals surface area contributed by atoms with Crippen LogP contribution in [0.25, 0.3) is 5.69 Å². The first-order valence-electron chi connectivity index (χ1n) is 12.4. The van der Waals surface area contributed by atoms with Gasteiger partial charge in [-0.3, -0.25) is 29.3 Å². The Labute approximate surface area is 226 Å². The molecule has 0 saturated carbocycles. The van der Waals surface area contributed by atoms with Gasteiger partial charge < -0.3 is 15.1 Å². The Hall–Kier alpha value is -5.40. The zero-order valence-electron chi connectivity index (χ0n) is 21.2. The van der Waals surface area contributed by atoms with Crippen LogP contribution in [-0.2, 0) is 20.9 Å². The SMILES string of the molecule is CN1CC(=O)N(c2cccc(NC(=O)c3cn(-c4ccc5c(c4)CN(C4CCC(=O)NC4=O)C5=O)nn3)c2)C1=O. The number of hydrogen-bond donors (Lipinski definition) is 2. The number of fused-ring (bicyclic) bond motifs is 1. The third-order valence-corrected chi connectivity index (χ3v) is 7.00. The van der Waals surface area contributed by atoms with Crippen LogP contribution in [0.4, 0.5) is 16.2 Å². The second-order valence-corrected chi connectivity index (χ2v) is 9.66. The van der Waals surface area contributed by atoms with Crippen LogP contribution >= 0.6 is 0 Å². The molecule has 0 aliphatic carbocycles. The van der Waals surface area contributed by atoms with E-state index in [1.54, 1.807) is 36.4 Å². The molecule has 3 aliphatic heterocycles. The molecule has 4 heterocycles. The average molecular weight is 543 g/mol. The lowest BCUT2D eigenvalue weighted by molar-refractivity contribution is -0.137. The number of carbonyl (C=O) groups excluding carboxylic acids is 6. The lowest BCUT2D eigenvalue weighted by Crippen LogP contribution is -2.52. The highest BCUT2D eigenvalue weighted by Crippen LogP contribution is 2.29. The zero-order chi connectivity index (χ0) is 28.1. The molecule has 6 rings (SSSR count). The Morgan fingerprint density at radius 1 is 1.02 bits per heavy atom. The van der Waals surface area contributed by atoms with Crippen molar-refractivity contribution >= 4 is 46.9 Å². The highest BCUT2D eigenvalue weighted by Gasteiger charge is 2.39. The van der Waals surface area contributed by atoms with Crippen molar-refractivity contribution in [3.63, 3.8) is 0 Å². The number of urea groups is 1. The molecule has 3 aromatic rings. The summed E-state index contributed by atoms with van der Waals surface area (Å²) in [5.41, 5.74) is 2.40. The van der Waals surface area contributed by atoms with Gasteiger partial charge in [0, 0.05) is 31.3 Å². The van der Waals surface area contributed by atoms with E-state index >= 15 is 0 Å². The Balaban J connectivity index is 1.16. The van der Waals surface area contributed by atoms with Gasteiger partial charge in [0.2, 0.25) is 11.8 Å². The number of likely N-dealkylation sites (N-methyl/N-ethyl adjacent to an activating group) is 1. The molecule has 3 aliphatic rings. The topological polar surface area (TPSA) is 167 Å². The number of carbonyl (C=O) groups is 6. The van der Waals surface area contributed by atoms with Crippen LogP contribution < -0.4 is 15.5 Å². The maximum Gasteiger partial charge on any atom is 0.331 e. The van der Waals surface area contributed by atoms with Crippen molar-refractivity contribution in [1.29, 1.82) is 0 Å². The molecule has 2 fully saturated rings. The summed E-state index contributed by atoms with van der Waals surface area (Å²) in [6, 6.07) is 10.2. The van der Waals surface area contributed by atoms with E-state index in [2.05, 4.69) is 20.9 Å². The van der Waals surface area contributed by atoms with Gasteiger partial charge in [-0.15, -0.1) is 5.10 Å². The number of hydrogen-bond acceptors (Lipinski definition) is 8. The predicted octanol–water partition coefficient (Wildman–Crippen LogP) is 0.679. The van der Waals surface area contributed by atoms with E-state index in [-0.39, 0.29) is 49.3 Å². The fourth-order valence-electron chi connectivity index (χ4n) is 4.99. The van der Waals surface area contributed by atoms with Crippen molar-refractivity contribution < 1.29 is 28.8 Å². The molecular formula is C26H22N8O6. The van der Waals surface area contributed by atoms with Crippen LogP contribution in [0.5, 0.6) is 0 Å². The molecule has 1 aromatic heterocycles. The number of rotatable bonds is 5. The number of nitrogens with zero attached hydrogens (tertiary/aromatic N) is 6. The molecule has 14 nitrogen and oxygen atoms in total. The van der Waals surface area contributed by atoms with Crippen molar-refractivity contribution in [2.24, 2.45) is 0 Å². The highest BCUT2D eigenvalue weighted by molar-refractivity contribution is 6.20. The molecule has 1 atom stereocenters. The number of benzene rings is 2. The monoisotopic (exact) mass is 542 g/mol. The molecule has 0 bridgehead atoms. The maximum atomic E-state index is 12.9.